The fourth-order valence-corrected chi connectivity index (χ4v) is 5.47. The summed E-state index contributed by atoms with van der Waals surface area (Å²) in [7, 11) is -0.275. The number of hydrogen-bond donors (Lipinski definition) is 0. The standard InChI is InChI=1S/C25H35NO4S/c1-5-7-9-25(10-8-6-2)31(27,28)26(19-21-11-15-23(29-3)16-12-21)20-22-13-17-24(30-4)18-14-22/h5,11-18,25H,1,6-10,19-20H2,2-4H3/t25-/m0/s1. The summed E-state index contributed by atoms with van der Waals surface area (Å²) in [4.78, 5) is 0. The second-order valence-electron chi connectivity index (χ2n) is 7.64. The number of unbranched alkanes of at least 4 members (excludes halogenated alkanes) is 1. The topological polar surface area (TPSA) is 55.8 Å². The molecule has 1 atom stereocenters. The van der Waals surface area contributed by atoms with Crippen molar-refractivity contribution in [2.75, 3.05) is 14.2 Å². The highest BCUT2D eigenvalue weighted by atomic mass is 32.2. The maximum atomic E-state index is 13.7. The van der Waals surface area contributed by atoms with Crippen LogP contribution in [0.25, 0.3) is 0 Å². The summed E-state index contributed by atoms with van der Waals surface area (Å²) in [5, 5.41) is -0.415. The first-order valence-corrected chi connectivity index (χ1v) is 12.3. The highest BCUT2D eigenvalue weighted by Crippen LogP contribution is 2.25. The highest BCUT2D eigenvalue weighted by Gasteiger charge is 2.31. The van der Waals surface area contributed by atoms with Crippen LogP contribution in [-0.2, 0) is 23.1 Å². The molecule has 2 aromatic rings. The molecule has 0 unspecified atom stereocenters. The molecule has 0 aliphatic rings. The van der Waals surface area contributed by atoms with Crippen LogP contribution in [0.4, 0.5) is 0 Å². The Bertz CT molecular complexity index is 843. The normalized spacial score (nSPS) is 12.5. The largest absolute Gasteiger partial charge is 0.497 e. The van der Waals surface area contributed by atoms with Gasteiger partial charge in [0.2, 0.25) is 10.0 Å². The molecule has 0 N–H and O–H groups in total. The smallest absolute Gasteiger partial charge is 0.217 e. The first-order valence-electron chi connectivity index (χ1n) is 10.8. The third-order valence-electron chi connectivity index (χ3n) is 5.39. The summed E-state index contributed by atoms with van der Waals surface area (Å²) in [5.41, 5.74) is 1.85. The Hall–Kier alpha value is -2.31. The molecule has 0 fully saturated rings. The van der Waals surface area contributed by atoms with Crippen molar-refractivity contribution in [2.45, 2.75) is 57.4 Å². The van der Waals surface area contributed by atoms with Gasteiger partial charge in [0.15, 0.2) is 0 Å². The van der Waals surface area contributed by atoms with Gasteiger partial charge in [-0.3, -0.25) is 0 Å². The molecule has 31 heavy (non-hydrogen) atoms. The fraction of sp³-hybridized carbons (Fsp3) is 0.440. The summed E-state index contributed by atoms with van der Waals surface area (Å²) in [6.45, 7) is 6.49. The van der Waals surface area contributed by atoms with Crippen molar-refractivity contribution >= 4 is 10.0 Å². The summed E-state index contributed by atoms with van der Waals surface area (Å²) >= 11 is 0. The molecule has 170 valence electrons. The lowest BCUT2D eigenvalue weighted by atomic mass is 10.1. The number of ether oxygens (including phenoxy) is 2. The van der Waals surface area contributed by atoms with Gasteiger partial charge in [-0.05, 0) is 54.7 Å². The minimum absolute atomic E-state index is 0.315. The molecule has 0 saturated heterocycles. The zero-order valence-electron chi connectivity index (χ0n) is 18.9. The minimum atomic E-state index is -3.51. The summed E-state index contributed by atoms with van der Waals surface area (Å²) in [6.07, 6.45) is 5.59. The van der Waals surface area contributed by atoms with E-state index in [1.807, 2.05) is 48.5 Å². The lowest BCUT2D eigenvalue weighted by molar-refractivity contribution is 0.386. The van der Waals surface area contributed by atoms with E-state index >= 15 is 0 Å². The van der Waals surface area contributed by atoms with Gasteiger partial charge in [-0.2, -0.15) is 4.31 Å². The number of hydrogen-bond acceptors (Lipinski definition) is 4. The predicted molar refractivity (Wildman–Crippen MR) is 127 cm³/mol. The molecule has 0 bridgehead atoms. The Balaban J connectivity index is 2.34. The van der Waals surface area contributed by atoms with Gasteiger partial charge in [0.1, 0.15) is 11.5 Å². The number of allylic oxidation sites excluding steroid dienone is 1. The Labute approximate surface area is 187 Å². The highest BCUT2D eigenvalue weighted by molar-refractivity contribution is 7.89. The van der Waals surface area contributed by atoms with Gasteiger partial charge in [0.05, 0.1) is 19.5 Å². The van der Waals surface area contributed by atoms with Crippen molar-refractivity contribution in [1.82, 2.24) is 4.31 Å². The number of benzene rings is 2. The molecular weight excluding hydrogens is 410 g/mol. The van der Waals surface area contributed by atoms with E-state index < -0.39 is 15.3 Å². The van der Waals surface area contributed by atoms with E-state index in [9.17, 15) is 8.42 Å². The van der Waals surface area contributed by atoms with Crippen LogP contribution in [0.1, 0.15) is 50.2 Å². The first-order chi connectivity index (χ1) is 14.9. The van der Waals surface area contributed by atoms with Gasteiger partial charge in [-0.1, -0.05) is 50.1 Å². The lowest BCUT2D eigenvalue weighted by Crippen LogP contribution is -2.38. The van der Waals surface area contributed by atoms with Crippen LogP contribution in [0, 0.1) is 0 Å². The van der Waals surface area contributed by atoms with Gasteiger partial charge >= 0.3 is 0 Å². The van der Waals surface area contributed by atoms with E-state index in [1.165, 1.54) is 0 Å². The molecule has 0 aliphatic heterocycles. The maximum Gasteiger partial charge on any atom is 0.217 e. The minimum Gasteiger partial charge on any atom is -0.497 e. The van der Waals surface area contributed by atoms with E-state index in [1.54, 1.807) is 24.6 Å². The van der Waals surface area contributed by atoms with Crippen molar-refractivity contribution in [3.63, 3.8) is 0 Å². The second-order valence-corrected chi connectivity index (χ2v) is 9.85. The average Bonchev–Trinajstić information content (AvgIpc) is 2.79. The fourth-order valence-electron chi connectivity index (χ4n) is 3.49. The van der Waals surface area contributed by atoms with Crippen LogP contribution in [0.15, 0.2) is 61.2 Å². The zero-order valence-corrected chi connectivity index (χ0v) is 19.7. The van der Waals surface area contributed by atoms with E-state index in [2.05, 4.69) is 13.5 Å². The van der Waals surface area contributed by atoms with Crippen LogP contribution in [-0.4, -0.2) is 32.2 Å². The molecule has 0 aromatic heterocycles. The molecule has 0 amide bonds. The molecule has 2 rings (SSSR count). The molecular formula is C25H35NO4S. The number of rotatable bonds is 14. The van der Waals surface area contributed by atoms with E-state index in [-0.39, 0.29) is 0 Å². The maximum absolute atomic E-state index is 13.7. The number of sulfonamides is 1. The lowest BCUT2D eigenvalue weighted by Gasteiger charge is -2.28. The molecule has 6 heteroatoms. The van der Waals surface area contributed by atoms with Crippen LogP contribution < -0.4 is 9.47 Å². The van der Waals surface area contributed by atoms with Crippen LogP contribution in [0.2, 0.25) is 0 Å². The van der Waals surface area contributed by atoms with Gasteiger partial charge < -0.3 is 9.47 Å². The quantitative estimate of drug-likeness (QED) is 0.357. The Kier molecular flexibility index (Phi) is 10.1. The number of nitrogens with zero attached hydrogens (tertiary/aromatic N) is 1. The van der Waals surface area contributed by atoms with Crippen LogP contribution in [0.5, 0.6) is 11.5 Å². The third kappa shape index (κ3) is 7.40. The first kappa shape index (κ1) is 25.0. The predicted octanol–water partition coefficient (Wildman–Crippen LogP) is 5.56. The van der Waals surface area contributed by atoms with Crippen LogP contribution >= 0.6 is 0 Å². The van der Waals surface area contributed by atoms with E-state index in [4.69, 9.17) is 9.47 Å². The van der Waals surface area contributed by atoms with E-state index in [0.717, 1.165) is 35.5 Å². The van der Waals surface area contributed by atoms with Crippen molar-refractivity contribution in [2.24, 2.45) is 0 Å². The van der Waals surface area contributed by atoms with Crippen molar-refractivity contribution in [3.05, 3.63) is 72.3 Å². The van der Waals surface area contributed by atoms with Gasteiger partial charge in [0, 0.05) is 13.1 Å². The van der Waals surface area contributed by atoms with Gasteiger partial charge in [0.25, 0.3) is 0 Å². The second kappa shape index (κ2) is 12.5. The molecule has 0 saturated carbocycles. The zero-order chi connectivity index (χ0) is 22.7. The molecule has 5 nitrogen and oxygen atoms in total. The molecule has 0 heterocycles. The van der Waals surface area contributed by atoms with Crippen molar-refractivity contribution in [3.8, 4) is 11.5 Å². The van der Waals surface area contributed by atoms with Gasteiger partial charge in [-0.25, -0.2) is 8.42 Å². The number of methoxy groups -OCH3 is 2. The summed E-state index contributed by atoms with van der Waals surface area (Å²) in [6, 6.07) is 15.1. The molecule has 0 radical (unpaired) electrons. The van der Waals surface area contributed by atoms with Crippen LogP contribution in [0.3, 0.4) is 0 Å². The monoisotopic (exact) mass is 445 g/mol. The molecule has 0 aliphatic carbocycles. The molecule has 2 aromatic carbocycles. The van der Waals surface area contributed by atoms with Gasteiger partial charge in [-0.15, -0.1) is 6.58 Å². The van der Waals surface area contributed by atoms with Crippen molar-refractivity contribution < 1.29 is 17.9 Å². The van der Waals surface area contributed by atoms with Crippen molar-refractivity contribution in [1.29, 1.82) is 0 Å². The van der Waals surface area contributed by atoms with E-state index in [0.29, 0.717) is 32.4 Å². The third-order valence-corrected chi connectivity index (χ3v) is 7.68. The Morgan fingerprint density at radius 1 is 0.903 bits per heavy atom. The Morgan fingerprint density at radius 2 is 1.39 bits per heavy atom. The molecule has 0 spiro atoms. The summed E-state index contributed by atoms with van der Waals surface area (Å²) in [5.74, 6) is 1.50. The SMILES string of the molecule is C=CCC[C@@H](CCCC)S(=O)(=O)N(Cc1ccc(OC)cc1)Cc1ccc(OC)cc1. The Morgan fingerprint density at radius 3 is 1.77 bits per heavy atom. The average molecular weight is 446 g/mol. The summed E-state index contributed by atoms with van der Waals surface area (Å²) < 4.78 is 39.6.